The van der Waals surface area contributed by atoms with Crippen molar-refractivity contribution >= 4 is 5.78 Å². The molecule has 0 fully saturated rings. The molecule has 0 saturated heterocycles. The maximum Gasteiger partial charge on any atom is 0.168 e. The van der Waals surface area contributed by atoms with Crippen LogP contribution in [-0.2, 0) is 4.74 Å². The highest BCUT2D eigenvalue weighted by Gasteiger charge is 2.17. The summed E-state index contributed by atoms with van der Waals surface area (Å²) < 4.78 is 5.02. The number of ketones is 1. The Bertz CT molecular complexity index is 280. The van der Waals surface area contributed by atoms with Crippen molar-refractivity contribution in [2.75, 3.05) is 13.7 Å². The summed E-state index contributed by atoms with van der Waals surface area (Å²) in [7, 11) is 1.63. The molecule has 0 radical (unpaired) electrons. The molecule has 1 aromatic rings. The summed E-state index contributed by atoms with van der Waals surface area (Å²) in [6, 6.07) is 9.37. The fourth-order valence-electron chi connectivity index (χ4n) is 1.42. The molecule has 1 atom stereocenters. The van der Waals surface area contributed by atoms with Gasteiger partial charge in [-0.05, 0) is 6.42 Å². The van der Waals surface area contributed by atoms with Gasteiger partial charge in [0.2, 0.25) is 0 Å². The largest absolute Gasteiger partial charge is 0.384 e. The minimum absolute atomic E-state index is 0.0117. The van der Waals surface area contributed by atoms with Crippen LogP contribution in [-0.4, -0.2) is 19.5 Å². The van der Waals surface area contributed by atoms with Crippen molar-refractivity contribution < 1.29 is 9.53 Å². The van der Waals surface area contributed by atoms with Gasteiger partial charge in [-0.2, -0.15) is 0 Å². The molecule has 0 aliphatic carbocycles. The standard InChI is InChI=1S/C12H16O2/c1-3-10(9-14-2)12(13)11-7-5-4-6-8-11/h4-8,10H,3,9H2,1-2H3. The van der Waals surface area contributed by atoms with E-state index in [4.69, 9.17) is 4.74 Å². The lowest BCUT2D eigenvalue weighted by molar-refractivity contribution is 0.0802. The molecule has 76 valence electrons. The summed E-state index contributed by atoms with van der Waals surface area (Å²) in [5, 5.41) is 0. The Morgan fingerprint density at radius 3 is 2.50 bits per heavy atom. The van der Waals surface area contributed by atoms with Crippen molar-refractivity contribution in [2.45, 2.75) is 13.3 Å². The maximum atomic E-state index is 11.9. The number of rotatable bonds is 5. The molecule has 0 aliphatic heterocycles. The Hall–Kier alpha value is -1.15. The van der Waals surface area contributed by atoms with Gasteiger partial charge in [0, 0.05) is 18.6 Å². The lowest BCUT2D eigenvalue weighted by Crippen LogP contribution is -2.18. The molecule has 0 saturated carbocycles. The van der Waals surface area contributed by atoms with Crippen molar-refractivity contribution in [3.8, 4) is 0 Å². The average molecular weight is 192 g/mol. The minimum Gasteiger partial charge on any atom is -0.384 e. The van der Waals surface area contributed by atoms with Gasteiger partial charge >= 0.3 is 0 Å². The second-order valence-electron chi connectivity index (χ2n) is 3.29. The zero-order chi connectivity index (χ0) is 10.4. The molecule has 2 nitrogen and oxygen atoms in total. The zero-order valence-corrected chi connectivity index (χ0v) is 8.69. The van der Waals surface area contributed by atoms with Crippen LogP contribution in [0.4, 0.5) is 0 Å². The van der Waals surface area contributed by atoms with Gasteiger partial charge in [-0.1, -0.05) is 37.3 Å². The summed E-state index contributed by atoms with van der Waals surface area (Å²) in [6.45, 7) is 2.51. The topological polar surface area (TPSA) is 26.3 Å². The summed E-state index contributed by atoms with van der Waals surface area (Å²) in [5.74, 6) is 0.164. The van der Waals surface area contributed by atoms with Gasteiger partial charge in [-0.3, -0.25) is 4.79 Å². The first-order valence-electron chi connectivity index (χ1n) is 4.87. The van der Waals surface area contributed by atoms with Crippen molar-refractivity contribution in [3.63, 3.8) is 0 Å². The second kappa shape index (κ2) is 5.55. The van der Waals surface area contributed by atoms with E-state index in [2.05, 4.69) is 0 Å². The third kappa shape index (κ3) is 2.67. The molecule has 0 heterocycles. The predicted octanol–water partition coefficient (Wildman–Crippen LogP) is 2.54. The van der Waals surface area contributed by atoms with Crippen LogP contribution < -0.4 is 0 Å². The van der Waals surface area contributed by atoms with Gasteiger partial charge in [-0.25, -0.2) is 0 Å². The summed E-state index contributed by atoms with van der Waals surface area (Å²) in [4.78, 5) is 11.9. The molecule has 0 N–H and O–H groups in total. The van der Waals surface area contributed by atoms with Crippen LogP contribution in [0.15, 0.2) is 30.3 Å². The van der Waals surface area contributed by atoms with E-state index in [1.54, 1.807) is 7.11 Å². The molecule has 1 aromatic carbocycles. The molecular formula is C12H16O2. The number of hydrogen-bond donors (Lipinski definition) is 0. The van der Waals surface area contributed by atoms with Gasteiger partial charge < -0.3 is 4.74 Å². The first-order chi connectivity index (χ1) is 6.79. The van der Waals surface area contributed by atoms with Crippen LogP contribution in [0.3, 0.4) is 0 Å². The number of methoxy groups -OCH3 is 1. The number of carbonyl (C=O) groups is 1. The minimum atomic E-state index is -0.0117. The van der Waals surface area contributed by atoms with Gasteiger partial charge in [0.15, 0.2) is 5.78 Å². The Morgan fingerprint density at radius 2 is 2.00 bits per heavy atom. The van der Waals surface area contributed by atoms with Gasteiger partial charge in [0.05, 0.1) is 6.61 Å². The SMILES string of the molecule is CCC(COC)C(=O)c1ccccc1. The number of hydrogen-bond acceptors (Lipinski definition) is 2. The fraction of sp³-hybridized carbons (Fsp3) is 0.417. The molecule has 2 heteroatoms. The van der Waals surface area contributed by atoms with E-state index in [0.29, 0.717) is 6.61 Å². The van der Waals surface area contributed by atoms with Crippen LogP contribution in [0, 0.1) is 5.92 Å². The lowest BCUT2D eigenvalue weighted by Gasteiger charge is -2.11. The highest BCUT2D eigenvalue weighted by Crippen LogP contribution is 2.12. The van der Waals surface area contributed by atoms with Crippen LogP contribution >= 0.6 is 0 Å². The van der Waals surface area contributed by atoms with Gasteiger partial charge in [0.1, 0.15) is 0 Å². The second-order valence-corrected chi connectivity index (χ2v) is 3.29. The van der Waals surface area contributed by atoms with E-state index in [9.17, 15) is 4.79 Å². The Labute approximate surface area is 84.9 Å². The van der Waals surface area contributed by atoms with Crippen molar-refractivity contribution in [2.24, 2.45) is 5.92 Å². The normalized spacial score (nSPS) is 12.4. The smallest absolute Gasteiger partial charge is 0.168 e. The monoisotopic (exact) mass is 192 g/mol. The first kappa shape index (κ1) is 10.9. The lowest BCUT2D eigenvalue weighted by atomic mass is 9.96. The molecule has 1 unspecified atom stereocenters. The average Bonchev–Trinajstić information content (AvgIpc) is 2.26. The Morgan fingerprint density at radius 1 is 1.36 bits per heavy atom. The Balaban J connectivity index is 2.73. The molecule has 0 spiro atoms. The molecule has 0 aliphatic rings. The van der Waals surface area contributed by atoms with Crippen LogP contribution in [0.1, 0.15) is 23.7 Å². The number of carbonyl (C=O) groups excluding carboxylic acids is 1. The fourth-order valence-corrected chi connectivity index (χ4v) is 1.42. The predicted molar refractivity (Wildman–Crippen MR) is 56.4 cm³/mol. The van der Waals surface area contributed by atoms with Crippen molar-refractivity contribution in [3.05, 3.63) is 35.9 Å². The third-order valence-electron chi connectivity index (χ3n) is 2.29. The molecule has 0 aromatic heterocycles. The zero-order valence-electron chi connectivity index (χ0n) is 8.69. The van der Waals surface area contributed by atoms with E-state index in [1.165, 1.54) is 0 Å². The van der Waals surface area contributed by atoms with E-state index < -0.39 is 0 Å². The third-order valence-corrected chi connectivity index (χ3v) is 2.29. The highest BCUT2D eigenvalue weighted by molar-refractivity contribution is 5.97. The molecule has 14 heavy (non-hydrogen) atoms. The number of ether oxygens (including phenoxy) is 1. The van der Waals surface area contributed by atoms with Crippen molar-refractivity contribution in [1.82, 2.24) is 0 Å². The Kier molecular flexibility index (Phi) is 4.33. The van der Waals surface area contributed by atoms with E-state index in [-0.39, 0.29) is 11.7 Å². The van der Waals surface area contributed by atoms with Crippen LogP contribution in [0.25, 0.3) is 0 Å². The molecule has 1 rings (SSSR count). The van der Waals surface area contributed by atoms with Crippen molar-refractivity contribution in [1.29, 1.82) is 0 Å². The quantitative estimate of drug-likeness (QED) is 0.670. The van der Waals surface area contributed by atoms with Crippen LogP contribution in [0.2, 0.25) is 0 Å². The summed E-state index contributed by atoms with van der Waals surface area (Å²) in [6.07, 6.45) is 0.821. The van der Waals surface area contributed by atoms with E-state index >= 15 is 0 Å². The molecule has 0 bridgehead atoms. The summed E-state index contributed by atoms with van der Waals surface area (Å²) in [5.41, 5.74) is 0.774. The van der Waals surface area contributed by atoms with Crippen LogP contribution in [0.5, 0.6) is 0 Å². The number of Topliss-reactive ketones (excluding diaryl/α,β-unsaturated/α-hetero) is 1. The maximum absolute atomic E-state index is 11.9. The summed E-state index contributed by atoms with van der Waals surface area (Å²) >= 11 is 0. The first-order valence-corrected chi connectivity index (χ1v) is 4.87. The van der Waals surface area contributed by atoms with Gasteiger partial charge in [-0.15, -0.1) is 0 Å². The van der Waals surface area contributed by atoms with E-state index in [0.717, 1.165) is 12.0 Å². The molecular weight excluding hydrogens is 176 g/mol. The highest BCUT2D eigenvalue weighted by atomic mass is 16.5. The molecule has 0 amide bonds. The number of benzene rings is 1. The van der Waals surface area contributed by atoms with E-state index in [1.807, 2.05) is 37.3 Å². The van der Waals surface area contributed by atoms with Gasteiger partial charge in [0.25, 0.3) is 0 Å².